The van der Waals surface area contributed by atoms with Crippen LogP contribution in [0, 0.1) is 0 Å². The predicted octanol–water partition coefficient (Wildman–Crippen LogP) is 3.29. The second kappa shape index (κ2) is 10.4. The number of primary amides is 1. The summed E-state index contributed by atoms with van der Waals surface area (Å²) < 4.78 is 1.79. The van der Waals surface area contributed by atoms with Gasteiger partial charge in [0.2, 0.25) is 5.91 Å². The lowest BCUT2D eigenvalue weighted by atomic mass is 9.95. The highest BCUT2D eigenvalue weighted by atomic mass is 16.2. The van der Waals surface area contributed by atoms with E-state index in [0.717, 1.165) is 75.0 Å². The molecular weight excluding hydrogens is 438 g/mol. The van der Waals surface area contributed by atoms with Crippen LogP contribution in [0.2, 0.25) is 0 Å². The smallest absolute Gasteiger partial charge is 0.272 e. The van der Waals surface area contributed by atoms with Crippen LogP contribution >= 0.6 is 0 Å². The van der Waals surface area contributed by atoms with E-state index in [2.05, 4.69) is 29.6 Å². The van der Waals surface area contributed by atoms with Crippen LogP contribution in [0.3, 0.4) is 0 Å². The van der Waals surface area contributed by atoms with Crippen molar-refractivity contribution in [1.29, 1.82) is 0 Å². The van der Waals surface area contributed by atoms with Crippen molar-refractivity contribution >= 4 is 11.8 Å². The lowest BCUT2D eigenvalue weighted by Crippen LogP contribution is -2.49. The number of likely N-dealkylation sites (tertiary alicyclic amines) is 1. The fourth-order valence-corrected chi connectivity index (χ4v) is 5.27. The zero-order chi connectivity index (χ0) is 24.2. The summed E-state index contributed by atoms with van der Waals surface area (Å²) in [6.07, 6.45) is 6.97. The first-order chi connectivity index (χ1) is 17.1. The molecule has 0 bridgehead atoms. The largest absolute Gasteiger partial charge is 0.366 e. The van der Waals surface area contributed by atoms with Crippen LogP contribution in [0.5, 0.6) is 0 Å². The molecule has 0 spiro atoms. The first-order valence-corrected chi connectivity index (χ1v) is 12.7. The van der Waals surface area contributed by atoms with Crippen LogP contribution in [0.25, 0.3) is 5.69 Å². The van der Waals surface area contributed by atoms with Gasteiger partial charge in [-0.2, -0.15) is 5.10 Å². The van der Waals surface area contributed by atoms with E-state index in [-0.39, 0.29) is 5.91 Å². The number of carbonyl (C=O) groups is 2. The first-order valence-electron chi connectivity index (χ1n) is 12.7. The zero-order valence-electron chi connectivity index (χ0n) is 20.1. The molecule has 1 aromatic heterocycles. The van der Waals surface area contributed by atoms with Crippen LogP contribution in [0.15, 0.2) is 54.6 Å². The molecule has 1 aliphatic carbocycles. The maximum Gasteiger partial charge on any atom is 0.272 e. The minimum Gasteiger partial charge on any atom is -0.366 e. The summed E-state index contributed by atoms with van der Waals surface area (Å²) in [5.74, 6) is -0.416. The van der Waals surface area contributed by atoms with Crippen LogP contribution in [0.4, 0.5) is 0 Å². The van der Waals surface area contributed by atoms with Gasteiger partial charge in [-0.3, -0.25) is 9.59 Å². The number of carbonyl (C=O) groups excluding carboxylic acids is 2. The number of nitrogens with one attached hydrogen (secondary N) is 1. The Morgan fingerprint density at radius 3 is 2.54 bits per heavy atom. The van der Waals surface area contributed by atoms with Gasteiger partial charge in [0.15, 0.2) is 0 Å². The molecule has 1 fully saturated rings. The molecule has 1 aliphatic heterocycles. The second-order valence-corrected chi connectivity index (χ2v) is 9.58. The van der Waals surface area contributed by atoms with Gasteiger partial charge >= 0.3 is 0 Å². The fraction of sp³-hybridized carbons (Fsp3) is 0.393. The summed E-state index contributed by atoms with van der Waals surface area (Å²) in [4.78, 5) is 27.4. The quantitative estimate of drug-likeness (QED) is 0.553. The van der Waals surface area contributed by atoms with Gasteiger partial charge < -0.3 is 16.0 Å². The molecule has 3 aromatic rings. The molecular formula is C28H33N5O2. The Hall–Kier alpha value is -3.45. The molecule has 7 nitrogen and oxygen atoms in total. The Kier molecular flexibility index (Phi) is 6.95. The SMILES string of the molecule is NC(=O)c1ccc(-n2nc3c(c2C(=O)N2CCC[C@H](NCCc4ccccc4)C2)CCCC3)cc1. The van der Waals surface area contributed by atoms with Crippen molar-refractivity contribution in [2.45, 2.75) is 51.0 Å². The molecule has 35 heavy (non-hydrogen) atoms. The zero-order valence-corrected chi connectivity index (χ0v) is 20.1. The van der Waals surface area contributed by atoms with Crippen molar-refractivity contribution in [2.75, 3.05) is 19.6 Å². The molecule has 2 heterocycles. The van der Waals surface area contributed by atoms with Crippen molar-refractivity contribution in [3.8, 4) is 5.69 Å². The third-order valence-corrected chi connectivity index (χ3v) is 7.15. The molecule has 2 aliphatic rings. The minimum absolute atomic E-state index is 0.0502. The van der Waals surface area contributed by atoms with E-state index in [9.17, 15) is 9.59 Å². The van der Waals surface area contributed by atoms with Gasteiger partial charge in [0.05, 0.1) is 11.4 Å². The number of piperidine rings is 1. The van der Waals surface area contributed by atoms with Gasteiger partial charge in [-0.1, -0.05) is 30.3 Å². The van der Waals surface area contributed by atoms with Crippen LogP contribution in [-0.4, -0.2) is 52.2 Å². The Bertz CT molecular complexity index is 1190. The van der Waals surface area contributed by atoms with Crippen molar-refractivity contribution in [3.05, 3.63) is 82.7 Å². The lowest BCUT2D eigenvalue weighted by molar-refractivity contribution is 0.0684. The van der Waals surface area contributed by atoms with Crippen LogP contribution in [-0.2, 0) is 19.3 Å². The molecule has 1 atom stereocenters. The van der Waals surface area contributed by atoms with E-state index >= 15 is 0 Å². The maximum absolute atomic E-state index is 13.9. The Labute approximate surface area is 206 Å². The molecule has 0 radical (unpaired) electrons. The number of aromatic nitrogens is 2. The highest BCUT2D eigenvalue weighted by Crippen LogP contribution is 2.28. The third-order valence-electron chi connectivity index (χ3n) is 7.15. The minimum atomic E-state index is -0.466. The average molecular weight is 472 g/mol. The molecule has 5 rings (SSSR count). The van der Waals surface area contributed by atoms with Crippen molar-refractivity contribution in [2.24, 2.45) is 5.73 Å². The van der Waals surface area contributed by atoms with Gasteiger partial charge in [-0.05, 0) is 81.3 Å². The van der Waals surface area contributed by atoms with E-state index in [4.69, 9.17) is 10.8 Å². The first kappa shape index (κ1) is 23.3. The monoisotopic (exact) mass is 471 g/mol. The lowest BCUT2D eigenvalue weighted by Gasteiger charge is -2.33. The summed E-state index contributed by atoms with van der Waals surface area (Å²) in [7, 11) is 0. The molecule has 0 saturated carbocycles. The van der Waals surface area contributed by atoms with Gasteiger partial charge in [-0.15, -0.1) is 0 Å². The van der Waals surface area contributed by atoms with Crippen molar-refractivity contribution < 1.29 is 9.59 Å². The number of aryl methyl sites for hydroxylation is 1. The summed E-state index contributed by atoms with van der Waals surface area (Å²) in [5, 5.41) is 8.52. The average Bonchev–Trinajstić information content (AvgIpc) is 3.29. The van der Waals surface area contributed by atoms with Gasteiger partial charge in [0.1, 0.15) is 5.69 Å². The Morgan fingerprint density at radius 1 is 1.00 bits per heavy atom. The van der Waals surface area contributed by atoms with E-state index < -0.39 is 5.91 Å². The van der Waals surface area contributed by atoms with E-state index in [0.29, 0.717) is 23.8 Å². The fourth-order valence-electron chi connectivity index (χ4n) is 5.27. The van der Waals surface area contributed by atoms with E-state index in [1.165, 1.54) is 5.56 Å². The summed E-state index contributed by atoms with van der Waals surface area (Å²) in [6, 6.07) is 17.8. The highest BCUT2D eigenvalue weighted by molar-refractivity contribution is 5.95. The molecule has 3 N–H and O–H groups in total. The number of benzene rings is 2. The van der Waals surface area contributed by atoms with Crippen LogP contribution < -0.4 is 11.1 Å². The van der Waals surface area contributed by atoms with Crippen LogP contribution in [0.1, 0.15) is 63.4 Å². The number of hydrogen-bond acceptors (Lipinski definition) is 4. The van der Waals surface area contributed by atoms with Gasteiger partial charge in [0, 0.05) is 30.3 Å². The number of nitrogens with zero attached hydrogens (tertiary/aromatic N) is 3. The Balaban J connectivity index is 1.34. The summed E-state index contributed by atoms with van der Waals surface area (Å²) in [6.45, 7) is 2.36. The van der Waals surface area contributed by atoms with Gasteiger partial charge in [0.25, 0.3) is 5.91 Å². The molecule has 0 unspecified atom stereocenters. The third kappa shape index (κ3) is 5.15. The second-order valence-electron chi connectivity index (χ2n) is 9.58. The summed E-state index contributed by atoms with van der Waals surface area (Å²) in [5.41, 5.74) is 10.7. The summed E-state index contributed by atoms with van der Waals surface area (Å²) >= 11 is 0. The van der Waals surface area contributed by atoms with Gasteiger partial charge in [-0.25, -0.2) is 4.68 Å². The molecule has 2 aromatic carbocycles. The molecule has 2 amide bonds. The maximum atomic E-state index is 13.9. The Morgan fingerprint density at radius 2 is 1.77 bits per heavy atom. The van der Waals surface area contributed by atoms with E-state index in [1.54, 1.807) is 16.8 Å². The highest BCUT2D eigenvalue weighted by Gasteiger charge is 2.31. The number of nitrogens with two attached hydrogens (primary N) is 1. The number of rotatable bonds is 7. The number of fused-ring (bicyclic) bond motifs is 1. The molecule has 1 saturated heterocycles. The number of amides is 2. The predicted molar refractivity (Wildman–Crippen MR) is 136 cm³/mol. The van der Waals surface area contributed by atoms with Crippen molar-refractivity contribution in [1.82, 2.24) is 20.0 Å². The van der Waals surface area contributed by atoms with E-state index in [1.807, 2.05) is 23.1 Å². The topological polar surface area (TPSA) is 93.2 Å². The van der Waals surface area contributed by atoms with Crippen molar-refractivity contribution in [3.63, 3.8) is 0 Å². The number of hydrogen-bond donors (Lipinski definition) is 2. The standard InChI is InChI=1S/C28H33N5O2/c29-27(34)21-12-14-23(15-13-21)33-26(24-10-4-5-11-25(24)31-33)28(35)32-18-6-9-22(19-32)30-17-16-20-7-2-1-3-8-20/h1-3,7-8,12-15,22,30H,4-6,9-11,16-19H2,(H2,29,34)/t22-/m0/s1. The molecule has 182 valence electrons. The molecule has 7 heteroatoms. The normalized spacial score (nSPS) is 17.7.